The van der Waals surface area contributed by atoms with Gasteiger partial charge in [-0.05, 0) is 24.3 Å². The summed E-state index contributed by atoms with van der Waals surface area (Å²) in [4.78, 5) is 0. The first-order chi connectivity index (χ1) is 10.9. The Balaban J connectivity index is 2.02. The van der Waals surface area contributed by atoms with Crippen LogP contribution < -0.4 is 4.74 Å². The first kappa shape index (κ1) is 12.9. The largest absolute Gasteiger partial charge is 0.454 e. The van der Waals surface area contributed by atoms with Crippen molar-refractivity contribution in [3.05, 3.63) is 84.2 Å². The van der Waals surface area contributed by atoms with E-state index in [4.69, 9.17) is 4.74 Å². The monoisotopic (exact) mass is 289 g/mol. The van der Waals surface area contributed by atoms with E-state index in [1.54, 1.807) is 0 Å². The Morgan fingerprint density at radius 1 is 0.864 bits per heavy atom. The average molecular weight is 289 g/mol. The van der Waals surface area contributed by atoms with Gasteiger partial charge < -0.3 is 14.4 Å². The molecule has 1 aliphatic rings. The van der Waals surface area contributed by atoms with Crippen LogP contribution in [0.3, 0.4) is 0 Å². The molecule has 2 heterocycles. The van der Waals surface area contributed by atoms with Gasteiger partial charge in [-0.2, -0.15) is 0 Å². The van der Waals surface area contributed by atoms with Crippen LogP contribution in [0.5, 0.6) is 5.75 Å². The number of ether oxygens (including phenoxy) is 1. The van der Waals surface area contributed by atoms with Gasteiger partial charge in [0.1, 0.15) is 5.76 Å². The van der Waals surface area contributed by atoms with Gasteiger partial charge in [0.15, 0.2) is 5.75 Å². The summed E-state index contributed by atoms with van der Waals surface area (Å²) in [5.41, 5.74) is 3.66. The summed E-state index contributed by atoms with van der Waals surface area (Å²) in [5, 5.41) is 9.94. The number of para-hydroxylation sites is 2. The van der Waals surface area contributed by atoms with Gasteiger partial charge in [0.05, 0.1) is 18.0 Å². The summed E-state index contributed by atoms with van der Waals surface area (Å²) in [5.74, 6) is 1.48. The third-order valence-electron chi connectivity index (χ3n) is 3.86. The molecule has 0 saturated heterocycles. The second-order valence-corrected chi connectivity index (χ2v) is 5.17. The van der Waals surface area contributed by atoms with Crippen molar-refractivity contribution < 1.29 is 9.84 Å². The maximum absolute atomic E-state index is 9.94. The van der Waals surface area contributed by atoms with Crippen LogP contribution >= 0.6 is 0 Å². The summed E-state index contributed by atoms with van der Waals surface area (Å²) in [6, 6.07) is 21.8. The second-order valence-electron chi connectivity index (χ2n) is 5.17. The van der Waals surface area contributed by atoms with Crippen LogP contribution in [0.4, 0.5) is 0 Å². The molecule has 1 N–H and O–H groups in total. The van der Waals surface area contributed by atoms with Crippen molar-refractivity contribution in [3.63, 3.8) is 0 Å². The maximum atomic E-state index is 9.94. The van der Waals surface area contributed by atoms with E-state index in [0.29, 0.717) is 5.76 Å². The SMILES string of the molecule is OCC1=C(c2ccccc2)Oc2ccccc2-n2cccc21. The smallest absolute Gasteiger partial charge is 0.151 e. The molecule has 0 radical (unpaired) electrons. The maximum Gasteiger partial charge on any atom is 0.151 e. The van der Waals surface area contributed by atoms with E-state index >= 15 is 0 Å². The molecule has 0 atom stereocenters. The Labute approximate surface area is 128 Å². The summed E-state index contributed by atoms with van der Waals surface area (Å²) >= 11 is 0. The molecular formula is C19H15NO2. The van der Waals surface area contributed by atoms with Crippen LogP contribution in [0.2, 0.25) is 0 Å². The molecule has 3 nitrogen and oxygen atoms in total. The Bertz CT molecular complexity index is 847. The molecule has 3 heteroatoms. The predicted octanol–water partition coefficient (Wildman–Crippen LogP) is 3.73. The Hall–Kier alpha value is -2.78. The molecule has 3 aromatic rings. The lowest BCUT2D eigenvalue weighted by Gasteiger charge is -2.12. The van der Waals surface area contributed by atoms with Crippen LogP contribution in [-0.4, -0.2) is 16.3 Å². The molecular weight excluding hydrogens is 274 g/mol. The third-order valence-corrected chi connectivity index (χ3v) is 3.86. The highest BCUT2D eigenvalue weighted by Gasteiger charge is 2.22. The zero-order valence-corrected chi connectivity index (χ0v) is 11.9. The van der Waals surface area contributed by atoms with Gasteiger partial charge in [-0.15, -0.1) is 0 Å². The molecule has 0 fully saturated rings. The standard InChI is InChI=1S/C19H15NO2/c21-13-15-16-10-6-12-20(16)17-9-4-5-11-18(17)22-19(15)14-7-2-1-3-8-14/h1-12,21H,13H2. The van der Waals surface area contributed by atoms with Gasteiger partial charge in [-0.25, -0.2) is 0 Å². The number of aliphatic hydroxyl groups is 1. The van der Waals surface area contributed by atoms with Crippen LogP contribution in [-0.2, 0) is 0 Å². The highest BCUT2D eigenvalue weighted by Crippen LogP contribution is 2.37. The fourth-order valence-corrected chi connectivity index (χ4v) is 2.84. The Morgan fingerprint density at radius 3 is 2.45 bits per heavy atom. The van der Waals surface area contributed by atoms with Crippen LogP contribution in [0.1, 0.15) is 11.3 Å². The van der Waals surface area contributed by atoms with Gasteiger partial charge in [0.25, 0.3) is 0 Å². The van der Waals surface area contributed by atoms with Crippen molar-refractivity contribution in [2.24, 2.45) is 0 Å². The van der Waals surface area contributed by atoms with E-state index in [0.717, 1.165) is 28.3 Å². The van der Waals surface area contributed by atoms with Gasteiger partial charge in [-0.3, -0.25) is 0 Å². The van der Waals surface area contributed by atoms with Crippen LogP contribution in [0.25, 0.3) is 17.0 Å². The van der Waals surface area contributed by atoms with E-state index in [-0.39, 0.29) is 6.61 Å². The van der Waals surface area contributed by atoms with Crippen molar-refractivity contribution in [1.29, 1.82) is 0 Å². The lowest BCUT2D eigenvalue weighted by molar-refractivity contribution is 0.348. The fourth-order valence-electron chi connectivity index (χ4n) is 2.84. The molecule has 0 aliphatic carbocycles. The minimum atomic E-state index is -0.0811. The Kier molecular flexibility index (Phi) is 3.06. The number of rotatable bonds is 2. The van der Waals surface area contributed by atoms with Crippen molar-refractivity contribution in [3.8, 4) is 11.4 Å². The molecule has 0 bridgehead atoms. The number of nitrogens with zero attached hydrogens (tertiary/aromatic N) is 1. The van der Waals surface area contributed by atoms with E-state index in [1.165, 1.54) is 0 Å². The number of benzene rings is 2. The van der Waals surface area contributed by atoms with Crippen molar-refractivity contribution in [2.75, 3.05) is 6.61 Å². The van der Waals surface area contributed by atoms with Crippen LogP contribution in [0.15, 0.2) is 72.9 Å². The van der Waals surface area contributed by atoms with E-state index in [9.17, 15) is 5.11 Å². The molecule has 0 amide bonds. The number of hydrogen-bond acceptors (Lipinski definition) is 2. The molecule has 0 unspecified atom stereocenters. The minimum Gasteiger partial charge on any atom is -0.454 e. The zero-order chi connectivity index (χ0) is 14.9. The highest BCUT2D eigenvalue weighted by molar-refractivity contribution is 5.90. The van der Waals surface area contributed by atoms with Gasteiger partial charge in [-0.1, -0.05) is 42.5 Å². The normalized spacial score (nSPS) is 13.1. The summed E-state index contributed by atoms with van der Waals surface area (Å²) in [7, 11) is 0. The van der Waals surface area contributed by atoms with Crippen LogP contribution in [0, 0.1) is 0 Å². The summed E-state index contributed by atoms with van der Waals surface area (Å²) in [6.45, 7) is -0.0811. The quantitative estimate of drug-likeness (QED) is 0.780. The molecule has 0 saturated carbocycles. The van der Waals surface area contributed by atoms with Gasteiger partial charge >= 0.3 is 0 Å². The molecule has 22 heavy (non-hydrogen) atoms. The topological polar surface area (TPSA) is 34.4 Å². The first-order valence-electron chi connectivity index (χ1n) is 7.23. The number of aromatic nitrogens is 1. The molecule has 108 valence electrons. The fraction of sp³-hybridized carbons (Fsp3) is 0.0526. The van der Waals surface area contributed by atoms with Gasteiger partial charge in [0, 0.05) is 17.3 Å². The summed E-state index contributed by atoms with van der Waals surface area (Å²) in [6.07, 6.45) is 1.99. The average Bonchev–Trinajstić information content (AvgIpc) is 3.00. The third kappa shape index (κ3) is 1.95. The molecule has 4 rings (SSSR count). The number of fused-ring (bicyclic) bond motifs is 3. The minimum absolute atomic E-state index is 0.0811. The van der Waals surface area contributed by atoms with Crippen molar-refractivity contribution >= 4 is 11.3 Å². The molecule has 2 aromatic carbocycles. The van der Waals surface area contributed by atoms with E-state index in [1.807, 2.05) is 72.9 Å². The van der Waals surface area contributed by atoms with Gasteiger partial charge in [0.2, 0.25) is 0 Å². The van der Waals surface area contributed by atoms with Crippen molar-refractivity contribution in [1.82, 2.24) is 4.57 Å². The zero-order valence-electron chi connectivity index (χ0n) is 11.9. The lowest BCUT2D eigenvalue weighted by Crippen LogP contribution is -2.02. The molecule has 1 aliphatic heterocycles. The molecule has 0 spiro atoms. The first-order valence-corrected chi connectivity index (χ1v) is 7.23. The highest BCUT2D eigenvalue weighted by atomic mass is 16.5. The van der Waals surface area contributed by atoms with Crippen molar-refractivity contribution in [2.45, 2.75) is 0 Å². The van der Waals surface area contributed by atoms with E-state index in [2.05, 4.69) is 4.57 Å². The second kappa shape index (κ2) is 5.20. The number of hydrogen-bond donors (Lipinski definition) is 1. The lowest BCUT2D eigenvalue weighted by atomic mass is 10.1. The molecule has 1 aromatic heterocycles. The predicted molar refractivity (Wildman–Crippen MR) is 86.7 cm³/mol. The van der Waals surface area contributed by atoms with E-state index < -0.39 is 0 Å². The number of aliphatic hydroxyl groups excluding tert-OH is 1. The summed E-state index contributed by atoms with van der Waals surface area (Å²) < 4.78 is 8.24. The Morgan fingerprint density at radius 2 is 1.64 bits per heavy atom.